The first-order valence-electron chi connectivity index (χ1n) is 17.9. The third-order valence-corrected chi connectivity index (χ3v) is 10.4. The maximum atomic E-state index is 6.61. The largest absolute Gasteiger partial charge is 0.456 e. The van der Waals surface area contributed by atoms with Gasteiger partial charge < -0.3 is 13.7 Å². The molecule has 248 valence electrons. The minimum Gasteiger partial charge on any atom is -0.456 e. The monoisotopic (exact) mass is 678 g/mol. The molecule has 2 heterocycles. The van der Waals surface area contributed by atoms with Gasteiger partial charge in [0.1, 0.15) is 16.7 Å². The molecule has 2 aromatic heterocycles. The molecule has 11 rings (SSSR count). The summed E-state index contributed by atoms with van der Waals surface area (Å²) < 4.78 is 13.1. The maximum Gasteiger partial charge on any atom is 0.227 e. The molecule has 0 spiro atoms. The van der Waals surface area contributed by atoms with Crippen LogP contribution in [0.4, 0.5) is 17.1 Å². The van der Waals surface area contributed by atoms with Crippen LogP contribution in [0.15, 0.2) is 191 Å². The summed E-state index contributed by atoms with van der Waals surface area (Å²) in [6.07, 6.45) is 0. The Morgan fingerprint density at radius 3 is 1.91 bits per heavy atom. The lowest BCUT2D eigenvalue weighted by Gasteiger charge is -2.29. The molecular formula is C49H30N2O2. The van der Waals surface area contributed by atoms with Gasteiger partial charge >= 0.3 is 0 Å². The number of anilines is 3. The Bertz CT molecular complexity index is 3180. The topological polar surface area (TPSA) is 42.4 Å². The molecule has 11 aromatic rings. The molecule has 0 N–H and O–H groups in total. The number of furan rings is 1. The number of oxazole rings is 1. The van der Waals surface area contributed by atoms with Crippen LogP contribution in [0.3, 0.4) is 0 Å². The van der Waals surface area contributed by atoms with Crippen molar-refractivity contribution < 1.29 is 8.83 Å². The van der Waals surface area contributed by atoms with Gasteiger partial charge in [0.05, 0.1) is 5.69 Å². The quantitative estimate of drug-likeness (QED) is 0.170. The highest BCUT2D eigenvalue weighted by Gasteiger charge is 2.22. The highest BCUT2D eigenvalue weighted by atomic mass is 16.3. The van der Waals surface area contributed by atoms with Gasteiger partial charge in [0.15, 0.2) is 5.58 Å². The first-order valence-corrected chi connectivity index (χ1v) is 17.9. The lowest BCUT2D eigenvalue weighted by atomic mass is 9.94. The number of rotatable bonds is 5. The minimum atomic E-state index is 0.616. The van der Waals surface area contributed by atoms with Gasteiger partial charge in [0.2, 0.25) is 5.89 Å². The molecule has 0 atom stereocenters. The van der Waals surface area contributed by atoms with E-state index in [1.54, 1.807) is 0 Å². The number of hydrogen-bond donors (Lipinski definition) is 0. The zero-order chi connectivity index (χ0) is 34.9. The molecule has 0 radical (unpaired) electrons. The first kappa shape index (κ1) is 29.5. The van der Waals surface area contributed by atoms with E-state index in [1.807, 2.05) is 42.5 Å². The molecule has 4 nitrogen and oxygen atoms in total. The van der Waals surface area contributed by atoms with E-state index < -0.39 is 0 Å². The predicted octanol–water partition coefficient (Wildman–Crippen LogP) is 14.0. The second-order valence-corrected chi connectivity index (χ2v) is 13.5. The number of para-hydroxylation sites is 1. The summed E-state index contributed by atoms with van der Waals surface area (Å²) in [7, 11) is 0. The number of nitrogens with zero attached hydrogens (tertiary/aromatic N) is 2. The van der Waals surface area contributed by atoms with E-state index in [1.165, 1.54) is 10.8 Å². The molecular weight excluding hydrogens is 649 g/mol. The van der Waals surface area contributed by atoms with Gasteiger partial charge in [0.25, 0.3) is 0 Å². The SMILES string of the molecule is c1ccc(-c2nc3ccc4ccc5ccc(N(c6ccc7c(c6)oc6ccccc67)c6ccc7ccccc7c6-c6ccccc6)cc5c4c3o2)cc1. The summed E-state index contributed by atoms with van der Waals surface area (Å²) in [5.41, 5.74) is 9.71. The van der Waals surface area contributed by atoms with Crippen LogP contribution in [0.1, 0.15) is 0 Å². The maximum absolute atomic E-state index is 6.61. The molecule has 0 aliphatic rings. The third-order valence-electron chi connectivity index (χ3n) is 10.4. The van der Waals surface area contributed by atoms with Gasteiger partial charge in [-0.15, -0.1) is 0 Å². The average Bonchev–Trinajstić information content (AvgIpc) is 3.83. The van der Waals surface area contributed by atoms with E-state index >= 15 is 0 Å². The molecule has 0 aliphatic carbocycles. The van der Waals surface area contributed by atoms with Crippen LogP contribution in [0.2, 0.25) is 0 Å². The molecule has 0 aliphatic heterocycles. The zero-order valence-corrected chi connectivity index (χ0v) is 28.5. The van der Waals surface area contributed by atoms with Gasteiger partial charge in [-0.2, -0.15) is 0 Å². The molecule has 0 saturated heterocycles. The summed E-state index contributed by atoms with van der Waals surface area (Å²) in [5, 5.41) is 8.95. The van der Waals surface area contributed by atoms with Crippen LogP contribution in [0.5, 0.6) is 0 Å². The van der Waals surface area contributed by atoms with Gasteiger partial charge in [-0.05, 0) is 87.1 Å². The fourth-order valence-electron chi connectivity index (χ4n) is 7.99. The van der Waals surface area contributed by atoms with E-state index in [0.29, 0.717) is 5.89 Å². The summed E-state index contributed by atoms with van der Waals surface area (Å²) >= 11 is 0. The van der Waals surface area contributed by atoms with Gasteiger partial charge in [-0.3, -0.25) is 0 Å². The van der Waals surface area contributed by atoms with Crippen molar-refractivity contribution in [1.29, 1.82) is 0 Å². The van der Waals surface area contributed by atoms with Gasteiger partial charge in [-0.1, -0.05) is 121 Å². The van der Waals surface area contributed by atoms with Crippen molar-refractivity contribution in [3.05, 3.63) is 182 Å². The molecule has 4 heteroatoms. The van der Waals surface area contributed by atoms with Crippen molar-refractivity contribution in [3.8, 4) is 22.6 Å². The average molecular weight is 679 g/mol. The van der Waals surface area contributed by atoms with Crippen LogP contribution in [0, 0.1) is 0 Å². The summed E-state index contributed by atoms with van der Waals surface area (Å²) in [6, 6.07) is 64.0. The third kappa shape index (κ3) is 4.73. The highest BCUT2D eigenvalue weighted by molar-refractivity contribution is 6.19. The molecule has 53 heavy (non-hydrogen) atoms. The smallest absolute Gasteiger partial charge is 0.227 e. The molecule has 9 aromatic carbocycles. The summed E-state index contributed by atoms with van der Waals surface area (Å²) in [6.45, 7) is 0. The van der Waals surface area contributed by atoms with E-state index in [2.05, 4.69) is 144 Å². The van der Waals surface area contributed by atoms with Gasteiger partial charge in [-0.25, -0.2) is 4.98 Å². The number of hydrogen-bond acceptors (Lipinski definition) is 4. The lowest BCUT2D eigenvalue weighted by Crippen LogP contribution is -2.11. The van der Waals surface area contributed by atoms with Crippen LogP contribution in [-0.2, 0) is 0 Å². The van der Waals surface area contributed by atoms with Crippen LogP contribution >= 0.6 is 0 Å². The van der Waals surface area contributed by atoms with Crippen LogP contribution < -0.4 is 4.90 Å². The second kappa shape index (κ2) is 11.7. The Morgan fingerprint density at radius 1 is 0.415 bits per heavy atom. The predicted molar refractivity (Wildman–Crippen MR) is 219 cm³/mol. The highest BCUT2D eigenvalue weighted by Crippen LogP contribution is 2.47. The number of fused-ring (bicyclic) bond motifs is 9. The van der Waals surface area contributed by atoms with Crippen molar-refractivity contribution in [2.75, 3.05) is 4.90 Å². The summed E-state index contributed by atoms with van der Waals surface area (Å²) in [5.74, 6) is 0.616. The lowest BCUT2D eigenvalue weighted by molar-refractivity contribution is 0.623. The molecule has 0 bridgehead atoms. The minimum absolute atomic E-state index is 0.616. The van der Waals surface area contributed by atoms with Crippen molar-refractivity contribution in [3.63, 3.8) is 0 Å². The molecule has 0 saturated carbocycles. The molecule has 0 amide bonds. The summed E-state index contributed by atoms with van der Waals surface area (Å²) in [4.78, 5) is 7.30. The van der Waals surface area contributed by atoms with Gasteiger partial charge in [0, 0.05) is 44.7 Å². The van der Waals surface area contributed by atoms with Crippen molar-refractivity contribution >= 4 is 82.4 Å². The molecule has 0 fully saturated rings. The zero-order valence-electron chi connectivity index (χ0n) is 28.5. The Hall–Kier alpha value is -7.17. The molecule has 0 unspecified atom stereocenters. The van der Waals surface area contributed by atoms with Crippen molar-refractivity contribution in [1.82, 2.24) is 4.98 Å². The van der Waals surface area contributed by atoms with Crippen LogP contribution in [-0.4, -0.2) is 4.98 Å². The number of benzene rings is 9. The Balaban J connectivity index is 1.21. The number of aromatic nitrogens is 1. The normalized spacial score (nSPS) is 11.8. The van der Waals surface area contributed by atoms with E-state index in [9.17, 15) is 0 Å². The Morgan fingerprint density at radius 2 is 1.04 bits per heavy atom. The van der Waals surface area contributed by atoms with E-state index in [0.717, 1.165) is 88.3 Å². The first-order chi connectivity index (χ1) is 26.3. The second-order valence-electron chi connectivity index (χ2n) is 13.5. The fourth-order valence-corrected chi connectivity index (χ4v) is 7.99. The standard InChI is InChI=1S/C49H30N2O2/c1-3-12-33(13-4-1)46-38-16-8-7-11-31(38)23-28-43(46)51(37-25-26-40-39-17-9-10-18-44(39)52-45(40)30-37)36-24-21-32-19-20-34-22-27-42-48(47(34)41(32)29-36)53-49(50-42)35-14-5-2-6-15-35/h1-30H. The van der Waals surface area contributed by atoms with Crippen LogP contribution in [0.25, 0.3) is 87.9 Å². The van der Waals surface area contributed by atoms with Crippen molar-refractivity contribution in [2.24, 2.45) is 0 Å². The van der Waals surface area contributed by atoms with E-state index in [-0.39, 0.29) is 0 Å². The Kier molecular flexibility index (Phi) is 6.52. The fraction of sp³-hybridized carbons (Fsp3) is 0. The van der Waals surface area contributed by atoms with Crippen molar-refractivity contribution in [2.45, 2.75) is 0 Å². The van der Waals surface area contributed by atoms with E-state index in [4.69, 9.17) is 13.8 Å². The Labute approximate surface area is 304 Å².